The Morgan fingerprint density at radius 1 is 0.879 bits per heavy atom. The Morgan fingerprint density at radius 2 is 1.61 bits per heavy atom. The number of aryl methyl sites for hydroxylation is 1. The molecule has 7 heteroatoms. The largest absolute Gasteiger partial charge is 0.493 e. The van der Waals surface area contributed by atoms with E-state index in [1.165, 1.54) is 0 Å². The van der Waals surface area contributed by atoms with E-state index in [4.69, 9.17) is 14.2 Å². The van der Waals surface area contributed by atoms with Crippen molar-refractivity contribution in [3.05, 3.63) is 83.4 Å². The van der Waals surface area contributed by atoms with Gasteiger partial charge in [0.1, 0.15) is 5.75 Å². The molecule has 0 radical (unpaired) electrons. The van der Waals surface area contributed by atoms with Crippen LogP contribution in [-0.4, -0.2) is 39.2 Å². The molecule has 2 N–H and O–H groups in total. The third-order valence-corrected chi connectivity index (χ3v) is 5.06. The summed E-state index contributed by atoms with van der Waals surface area (Å²) in [5, 5.41) is 5.72. The molecule has 0 aliphatic heterocycles. The monoisotopic (exact) mass is 448 g/mol. The number of nitrogens with one attached hydrogen (secondary N) is 2. The molecule has 3 rings (SSSR count). The number of carbonyl (C=O) groups is 2. The molecule has 33 heavy (non-hydrogen) atoms. The lowest BCUT2D eigenvalue weighted by Crippen LogP contribution is -2.30. The zero-order valence-corrected chi connectivity index (χ0v) is 19.0. The first-order valence-electron chi connectivity index (χ1n) is 10.6. The van der Waals surface area contributed by atoms with Crippen molar-refractivity contribution in [3.8, 4) is 17.2 Å². The second-order valence-corrected chi connectivity index (χ2v) is 7.37. The molecule has 0 spiro atoms. The van der Waals surface area contributed by atoms with Crippen molar-refractivity contribution in [1.82, 2.24) is 5.32 Å². The molecule has 172 valence electrons. The van der Waals surface area contributed by atoms with Gasteiger partial charge < -0.3 is 24.8 Å². The van der Waals surface area contributed by atoms with E-state index in [0.29, 0.717) is 35.8 Å². The van der Waals surface area contributed by atoms with Crippen molar-refractivity contribution >= 4 is 17.5 Å². The number of benzene rings is 3. The molecule has 0 heterocycles. The van der Waals surface area contributed by atoms with Crippen molar-refractivity contribution in [2.24, 2.45) is 0 Å². The van der Waals surface area contributed by atoms with Gasteiger partial charge >= 0.3 is 0 Å². The number of hydrogen-bond acceptors (Lipinski definition) is 5. The SMILES string of the molecule is COc1ccc(CCNC(=O)COc2ccc(C(=O)Nc3ccccc3C)cc2)cc1OC. The van der Waals surface area contributed by atoms with Crippen LogP contribution in [0.2, 0.25) is 0 Å². The zero-order valence-electron chi connectivity index (χ0n) is 19.0. The van der Waals surface area contributed by atoms with E-state index in [1.54, 1.807) is 38.5 Å². The smallest absolute Gasteiger partial charge is 0.257 e. The normalized spacial score (nSPS) is 10.3. The minimum Gasteiger partial charge on any atom is -0.493 e. The van der Waals surface area contributed by atoms with E-state index in [0.717, 1.165) is 16.8 Å². The molecule has 0 saturated carbocycles. The van der Waals surface area contributed by atoms with Crippen molar-refractivity contribution in [2.75, 3.05) is 32.7 Å². The maximum atomic E-state index is 12.4. The van der Waals surface area contributed by atoms with E-state index in [2.05, 4.69) is 10.6 Å². The molecular weight excluding hydrogens is 420 g/mol. The van der Waals surface area contributed by atoms with E-state index in [-0.39, 0.29) is 18.4 Å². The van der Waals surface area contributed by atoms with Crippen LogP contribution in [0.15, 0.2) is 66.7 Å². The highest BCUT2D eigenvalue weighted by atomic mass is 16.5. The summed E-state index contributed by atoms with van der Waals surface area (Å²) in [5.41, 5.74) is 3.29. The topological polar surface area (TPSA) is 85.9 Å². The summed E-state index contributed by atoms with van der Waals surface area (Å²) in [7, 11) is 3.18. The number of carbonyl (C=O) groups excluding carboxylic acids is 2. The highest BCUT2D eigenvalue weighted by molar-refractivity contribution is 6.04. The Balaban J connectivity index is 1.43. The highest BCUT2D eigenvalue weighted by Gasteiger charge is 2.09. The van der Waals surface area contributed by atoms with Gasteiger partial charge in [-0.3, -0.25) is 9.59 Å². The van der Waals surface area contributed by atoms with E-state index in [9.17, 15) is 9.59 Å². The summed E-state index contributed by atoms with van der Waals surface area (Å²) in [4.78, 5) is 24.5. The van der Waals surface area contributed by atoms with Gasteiger partial charge in [-0.1, -0.05) is 24.3 Å². The van der Waals surface area contributed by atoms with Crippen LogP contribution in [0, 0.1) is 6.92 Å². The molecule has 7 nitrogen and oxygen atoms in total. The Bertz CT molecular complexity index is 1100. The average molecular weight is 449 g/mol. The van der Waals surface area contributed by atoms with Crippen LogP contribution in [0.1, 0.15) is 21.5 Å². The van der Waals surface area contributed by atoms with Gasteiger partial charge in [0.05, 0.1) is 14.2 Å². The fourth-order valence-electron chi connectivity index (χ4n) is 3.19. The third kappa shape index (κ3) is 6.74. The van der Waals surface area contributed by atoms with Crippen molar-refractivity contribution in [2.45, 2.75) is 13.3 Å². The molecule has 2 amide bonds. The number of anilines is 1. The lowest BCUT2D eigenvalue weighted by atomic mass is 10.1. The van der Waals surface area contributed by atoms with Gasteiger partial charge in [0, 0.05) is 17.8 Å². The molecule has 0 saturated heterocycles. The number of hydrogen-bond donors (Lipinski definition) is 2. The maximum absolute atomic E-state index is 12.4. The zero-order chi connectivity index (χ0) is 23.6. The number of rotatable bonds is 10. The van der Waals surface area contributed by atoms with Crippen LogP contribution in [0.4, 0.5) is 5.69 Å². The first-order valence-corrected chi connectivity index (χ1v) is 10.6. The van der Waals surface area contributed by atoms with Gasteiger partial charge in [-0.05, 0) is 66.9 Å². The number of amides is 2. The standard InChI is InChI=1S/C26H28N2O5/c1-18-6-4-5-7-22(18)28-26(30)20-9-11-21(12-10-20)33-17-25(29)27-15-14-19-8-13-23(31-2)24(16-19)32-3/h4-13,16H,14-15,17H2,1-3H3,(H,27,29)(H,28,30). The van der Waals surface area contributed by atoms with Crippen LogP contribution >= 0.6 is 0 Å². The van der Waals surface area contributed by atoms with Crippen molar-refractivity contribution in [3.63, 3.8) is 0 Å². The first kappa shape index (κ1) is 23.7. The molecule has 3 aromatic rings. The predicted octanol–water partition coefficient (Wildman–Crippen LogP) is 4.00. The molecule has 0 aromatic heterocycles. The minimum atomic E-state index is -0.225. The Hall–Kier alpha value is -4.00. The summed E-state index contributed by atoms with van der Waals surface area (Å²) in [6.45, 7) is 2.29. The molecule has 0 aliphatic rings. The summed E-state index contributed by atoms with van der Waals surface area (Å²) in [6.07, 6.45) is 0.650. The van der Waals surface area contributed by atoms with Gasteiger partial charge in [-0.2, -0.15) is 0 Å². The number of methoxy groups -OCH3 is 2. The molecule has 0 aliphatic carbocycles. The summed E-state index contributed by atoms with van der Waals surface area (Å²) in [5.74, 6) is 1.40. The molecule has 0 bridgehead atoms. The van der Waals surface area contributed by atoms with Crippen molar-refractivity contribution in [1.29, 1.82) is 0 Å². The van der Waals surface area contributed by atoms with Gasteiger partial charge in [0.15, 0.2) is 18.1 Å². The minimum absolute atomic E-state index is 0.110. The van der Waals surface area contributed by atoms with E-state index < -0.39 is 0 Å². The van der Waals surface area contributed by atoms with Gasteiger partial charge in [-0.25, -0.2) is 0 Å². The second kappa shape index (κ2) is 11.6. The van der Waals surface area contributed by atoms with E-state index >= 15 is 0 Å². The summed E-state index contributed by atoms with van der Waals surface area (Å²) >= 11 is 0. The molecule has 3 aromatic carbocycles. The first-order chi connectivity index (χ1) is 16.0. The Labute approximate surface area is 193 Å². The predicted molar refractivity (Wildman–Crippen MR) is 127 cm³/mol. The van der Waals surface area contributed by atoms with Gasteiger partial charge in [-0.15, -0.1) is 0 Å². The Morgan fingerprint density at radius 3 is 2.30 bits per heavy atom. The van der Waals surface area contributed by atoms with E-state index in [1.807, 2.05) is 49.4 Å². The average Bonchev–Trinajstić information content (AvgIpc) is 2.84. The van der Waals surface area contributed by atoms with Crippen LogP contribution in [0.5, 0.6) is 17.2 Å². The maximum Gasteiger partial charge on any atom is 0.257 e. The summed E-state index contributed by atoms with van der Waals surface area (Å²) < 4.78 is 16.0. The molecule has 0 atom stereocenters. The lowest BCUT2D eigenvalue weighted by molar-refractivity contribution is -0.123. The third-order valence-electron chi connectivity index (χ3n) is 5.06. The summed E-state index contributed by atoms with van der Waals surface area (Å²) in [6, 6.07) is 19.9. The number of ether oxygens (including phenoxy) is 3. The Kier molecular flexibility index (Phi) is 8.30. The van der Waals surface area contributed by atoms with Crippen molar-refractivity contribution < 1.29 is 23.8 Å². The van der Waals surface area contributed by atoms with Crippen LogP contribution < -0.4 is 24.8 Å². The van der Waals surface area contributed by atoms with Crippen LogP contribution in [0.3, 0.4) is 0 Å². The van der Waals surface area contributed by atoms with Crippen LogP contribution in [0.25, 0.3) is 0 Å². The van der Waals surface area contributed by atoms with Gasteiger partial charge in [0.2, 0.25) is 0 Å². The fourth-order valence-corrected chi connectivity index (χ4v) is 3.19. The molecule has 0 unspecified atom stereocenters. The fraction of sp³-hybridized carbons (Fsp3) is 0.231. The molecule has 0 fully saturated rings. The molecular formula is C26H28N2O5. The van der Waals surface area contributed by atoms with Crippen LogP contribution in [-0.2, 0) is 11.2 Å². The van der Waals surface area contributed by atoms with Gasteiger partial charge in [0.25, 0.3) is 11.8 Å². The number of para-hydroxylation sites is 1. The quantitative estimate of drug-likeness (QED) is 0.490. The highest BCUT2D eigenvalue weighted by Crippen LogP contribution is 2.27. The lowest BCUT2D eigenvalue weighted by Gasteiger charge is -2.11. The second-order valence-electron chi connectivity index (χ2n) is 7.37.